The highest BCUT2D eigenvalue weighted by Gasteiger charge is 2.21. The molecule has 1 heterocycles. The van der Waals surface area contributed by atoms with Gasteiger partial charge in [-0.25, -0.2) is 0 Å². The highest BCUT2D eigenvalue weighted by molar-refractivity contribution is 4.79. The molecule has 0 radical (unpaired) electrons. The second-order valence-electron chi connectivity index (χ2n) is 2.57. The van der Waals surface area contributed by atoms with Gasteiger partial charge in [0.05, 0.1) is 6.61 Å². The summed E-state index contributed by atoms with van der Waals surface area (Å²) in [5.74, 6) is 0.363. The average molecular weight is 131 g/mol. The summed E-state index contributed by atoms with van der Waals surface area (Å²) in [4.78, 5) is 0. The fourth-order valence-electron chi connectivity index (χ4n) is 1.18. The van der Waals surface area contributed by atoms with Crippen LogP contribution in [-0.4, -0.2) is 36.0 Å². The Morgan fingerprint density at radius 2 is 2.11 bits per heavy atom. The molecule has 3 N–H and O–H groups in total. The highest BCUT2D eigenvalue weighted by atomic mass is 16.3. The van der Waals surface area contributed by atoms with E-state index < -0.39 is 0 Å². The molecule has 3 heteroatoms. The van der Waals surface area contributed by atoms with Gasteiger partial charge in [-0.3, -0.25) is 0 Å². The van der Waals surface area contributed by atoms with Gasteiger partial charge in [-0.2, -0.15) is 0 Å². The van der Waals surface area contributed by atoms with E-state index in [4.69, 9.17) is 10.2 Å². The number of rotatable bonds is 2. The summed E-state index contributed by atoms with van der Waals surface area (Å²) < 4.78 is 0. The molecule has 2 atom stereocenters. The van der Waals surface area contributed by atoms with Crippen LogP contribution in [0.5, 0.6) is 0 Å². The van der Waals surface area contributed by atoms with Gasteiger partial charge < -0.3 is 15.5 Å². The van der Waals surface area contributed by atoms with Crippen LogP contribution >= 0.6 is 0 Å². The van der Waals surface area contributed by atoms with Crippen molar-refractivity contribution < 1.29 is 10.2 Å². The summed E-state index contributed by atoms with van der Waals surface area (Å²) in [5.41, 5.74) is 0. The van der Waals surface area contributed by atoms with Crippen LogP contribution in [0.1, 0.15) is 6.42 Å². The molecule has 0 spiro atoms. The third kappa shape index (κ3) is 1.64. The first-order chi connectivity index (χ1) is 4.36. The van der Waals surface area contributed by atoms with E-state index in [0.29, 0.717) is 5.92 Å². The van der Waals surface area contributed by atoms with E-state index in [0.717, 1.165) is 13.0 Å². The Balaban J connectivity index is 2.20. The zero-order valence-corrected chi connectivity index (χ0v) is 5.38. The number of aliphatic hydroxyl groups is 2. The number of hydrogen-bond acceptors (Lipinski definition) is 3. The summed E-state index contributed by atoms with van der Waals surface area (Å²) in [6.07, 6.45) is 0.910. The fraction of sp³-hybridized carbons (Fsp3) is 1.00. The molecule has 0 aromatic heterocycles. The van der Waals surface area contributed by atoms with Crippen molar-refractivity contribution in [3.8, 4) is 0 Å². The molecule has 0 aromatic rings. The lowest BCUT2D eigenvalue weighted by molar-refractivity contribution is 0.223. The van der Waals surface area contributed by atoms with E-state index in [-0.39, 0.29) is 19.3 Å². The molecule has 1 aliphatic heterocycles. The third-order valence-electron chi connectivity index (χ3n) is 1.79. The Kier molecular flexibility index (Phi) is 2.45. The van der Waals surface area contributed by atoms with Crippen molar-refractivity contribution in [3.63, 3.8) is 0 Å². The van der Waals surface area contributed by atoms with Crippen LogP contribution in [0.15, 0.2) is 0 Å². The van der Waals surface area contributed by atoms with E-state index in [9.17, 15) is 0 Å². The molecular formula is C6H13NO2. The molecule has 0 aliphatic carbocycles. The molecule has 54 valence electrons. The van der Waals surface area contributed by atoms with Crippen molar-refractivity contribution >= 4 is 0 Å². The number of aliphatic hydroxyl groups excluding tert-OH is 2. The number of hydrogen-bond donors (Lipinski definition) is 3. The molecule has 1 aliphatic rings. The van der Waals surface area contributed by atoms with Gasteiger partial charge in [0, 0.05) is 19.2 Å². The lowest BCUT2D eigenvalue weighted by atomic mass is 10.1. The van der Waals surface area contributed by atoms with Crippen LogP contribution < -0.4 is 5.32 Å². The lowest BCUT2D eigenvalue weighted by Gasteiger charge is -2.03. The predicted octanol–water partition coefficient (Wildman–Crippen LogP) is -1.05. The minimum Gasteiger partial charge on any atom is -0.396 e. The van der Waals surface area contributed by atoms with Crippen molar-refractivity contribution in [2.24, 2.45) is 5.92 Å². The molecule has 0 amide bonds. The molecule has 1 rings (SSSR count). The Bertz CT molecular complexity index is 77.1. The van der Waals surface area contributed by atoms with Crippen LogP contribution in [0, 0.1) is 5.92 Å². The molecule has 2 unspecified atom stereocenters. The minimum atomic E-state index is 0.191. The molecule has 3 nitrogen and oxygen atoms in total. The van der Waals surface area contributed by atoms with E-state index in [1.807, 2.05) is 0 Å². The molecular weight excluding hydrogens is 118 g/mol. The Morgan fingerprint density at radius 1 is 1.33 bits per heavy atom. The van der Waals surface area contributed by atoms with Crippen LogP contribution in [0.3, 0.4) is 0 Å². The normalized spacial score (nSPS) is 35.3. The summed E-state index contributed by atoms with van der Waals surface area (Å²) >= 11 is 0. The second-order valence-corrected chi connectivity index (χ2v) is 2.57. The summed E-state index contributed by atoms with van der Waals surface area (Å²) in [5, 5.41) is 20.4. The fourth-order valence-corrected chi connectivity index (χ4v) is 1.18. The smallest absolute Gasteiger partial charge is 0.0584 e. The van der Waals surface area contributed by atoms with Crippen LogP contribution in [0.25, 0.3) is 0 Å². The van der Waals surface area contributed by atoms with Gasteiger partial charge in [0.25, 0.3) is 0 Å². The first-order valence-corrected chi connectivity index (χ1v) is 3.32. The van der Waals surface area contributed by atoms with Gasteiger partial charge in [-0.05, 0) is 12.3 Å². The van der Waals surface area contributed by atoms with Gasteiger partial charge >= 0.3 is 0 Å². The van der Waals surface area contributed by atoms with Gasteiger partial charge in [0.1, 0.15) is 0 Å². The number of nitrogens with one attached hydrogen (secondary N) is 1. The largest absolute Gasteiger partial charge is 0.396 e. The maximum absolute atomic E-state index is 8.66. The van der Waals surface area contributed by atoms with E-state index >= 15 is 0 Å². The predicted molar refractivity (Wildman–Crippen MR) is 34.1 cm³/mol. The topological polar surface area (TPSA) is 52.5 Å². The van der Waals surface area contributed by atoms with Gasteiger partial charge in [0.2, 0.25) is 0 Å². The summed E-state index contributed by atoms with van der Waals surface area (Å²) in [6, 6.07) is 0.224. The molecule has 1 saturated heterocycles. The first kappa shape index (κ1) is 6.99. The quantitative estimate of drug-likeness (QED) is 0.448. The van der Waals surface area contributed by atoms with Crippen molar-refractivity contribution in [2.45, 2.75) is 12.5 Å². The Labute approximate surface area is 54.7 Å². The zero-order chi connectivity index (χ0) is 6.69. The standard InChI is InChI=1S/C6H13NO2/c8-3-5-1-6(4-9)7-2-5/h5-9H,1-4H2. The third-order valence-corrected chi connectivity index (χ3v) is 1.79. The summed E-state index contributed by atoms with van der Waals surface area (Å²) in [7, 11) is 0. The molecule has 0 saturated carbocycles. The monoisotopic (exact) mass is 131 g/mol. The first-order valence-electron chi connectivity index (χ1n) is 3.32. The van der Waals surface area contributed by atoms with Crippen LogP contribution in [-0.2, 0) is 0 Å². The molecule has 1 fully saturated rings. The van der Waals surface area contributed by atoms with Crippen molar-refractivity contribution in [1.82, 2.24) is 5.32 Å². The minimum absolute atomic E-state index is 0.191. The second kappa shape index (κ2) is 3.15. The maximum atomic E-state index is 8.66. The van der Waals surface area contributed by atoms with E-state index in [1.54, 1.807) is 0 Å². The SMILES string of the molecule is OCC1CNC(CO)C1. The zero-order valence-electron chi connectivity index (χ0n) is 5.38. The molecule has 9 heavy (non-hydrogen) atoms. The van der Waals surface area contributed by atoms with E-state index in [2.05, 4.69) is 5.32 Å². The van der Waals surface area contributed by atoms with Crippen molar-refractivity contribution in [3.05, 3.63) is 0 Å². The Morgan fingerprint density at radius 3 is 2.44 bits per heavy atom. The van der Waals surface area contributed by atoms with Crippen molar-refractivity contribution in [1.29, 1.82) is 0 Å². The van der Waals surface area contributed by atoms with Crippen LogP contribution in [0.2, 0.25) is 0 Å². The summed E-state index contributed by atoms with van der Waals surface area (Å²) in [6.45, 7) is 1.28. The molecule has 0 aromatic carbocycles. The molecule has 0 bridgehead atoms. The maximum Gasteiger partial charge on any atom is 0.0584 e. The van der Waals surface area contributed by atoms with E-state index in [1.165, 1.54) is 0 Å². The average Bonchev–Trinajstić information content (AvgIpc) is 2.34. The van der Waals surface area contributed by atoms with Gasteiger partial charge in [0.15, 0.2) is 0 Å². The van der Waals surface area contributed by atoms with Crippen LogP contribution in [0.4, 0.5) is 0 Å². The Hall–Kier alpha value is -0.120. The van der Waals surface area contributed by atoms with Gasteiger partial charge in [-0.1, -0.05) is 0 Å². The van der Waals surface area contributed by atoms with Gasteiger partial charge in [-0.15, -0.1) is 0 Å². The lowest BCUT2D eigenvalue weighted by Crippen LogP contribution is -2.24. The highest BCUT2D eigenvalue weighted by Crippen LogP contribution is 2.11. The van der Waals surface area contributed by atoms with Crippen molar-refractivity contribution in [2.75, 3.05) is 19.8 Å².